The molecule has 2 aromatic rings. The standard InChI is InChI=1S/C18H22ClN5O.2ClH/c19-15-6-5-13(21-18(25)12-7-8-20-11-12)10-14(15)17-23-22-16-4-2-1-3-9-24(16)17;;/h5-6,10,12,20H,1-4,7-9,11H2,(H,21,25);2*1H. The van der Waals surface area contributed by atoms with Crippen LogP contribution in [0.2, 0.25) is 5.02 Å². The molecule has 1 fully saturated rings. The molecule has 0 radical (unpaired) electrons. The Hall–Kier alpha value is -1.34. The normalized spacial score (nSPS) is 18.6. The SMILES string of the molecule is Cl.Cl.O=C(Nc1ccc(Cl)c(-c2nnc3n2CCCCC3)c1)C1CCNC1. The first kappa shape index (κ1) is 22.0. The van der Waals surface area contributed by atoms with E-state index in [1.165, 1.54) is 6.42 Å². The number of fused-ring (bicyclic) bond motifs is 1. The molecule has 1 aromatic heterocycles. The van der Waals surface area contributed by atoms with Crippen molar-refractivity contribution in [1.82, 2.24) is 20.1 Å². The second kappa shape index (κ2) is 9.73. The minimum Gasteiger partial charge on any atom is -0.326 e. The fourth-order valence-electron chi connectivity index (χ4n) is 3.58. The molecule has 2 N–H and O–H groups in total. The predicted molar refractivity (Wildman–Crippen MR) is 112 cm³/mol. The lowest BCUT2D eigenvalue weighted by molar-refractivity contribution is -0.119. The zero-order chi connectivity index (χ0) is 17.2. The molecule has 0 aliphatic carbocycles. The number of nitrogens with zero attached hydrogens (tertiary/aromatic N) is 3. The van der Waals surface area contributed by atoms with E-state index in [-0.39, 0.29) is 36.6 Å². The number of nitrogens with one attached hydrogen (secondary N) is 2. The summed E-state index contributed by atoms with van der Waals surface area (Å²) in [6, 6.07) is 5.56. The van der Waals surface area contributed by atoms with Crippen molar-refractivity contribution in [2.75, 3.05) is 18.4 Å². The molecule has 0 bridgehead atoms. The third kappa shape index (κ3) is 4.74. The number of amides is 1. The molecule has 1 aromatic carbocycles. The summed E-state index contributed by atoms with van der Waals surface area (Å²) in [6.45, 7) is 2.55. The molecule has 4 rings (SSSR count). The molecule has 0 saturated carbocycles. The van der Waals surface area contributed by atoms with Gasteiger partial charge in [0.1, 0.15) is 5.82 Å². The van der Waals surface area contributed by atoms with Crippen LogP contribution in [0.3, 0.4) is 0 Å². The Kier molecular flexibility index (Phi) is 7.91. The van der Waals surface area contributed by atoms with Gasteiger partial charge >= 0.3 is 0 Å². The number of hydrogen-bond acceptors (Lipinski definition) is 4. The maximum Gasteiger partial charge on any atom is 0.228 e. The fourth-order valence-corrected chi connectivity index (χ4v) is 3.78. The number of aryl methyl sites for hydroxylation is 1. The summed E-state index contributed by atoms with van der Waals surface area (Å²) >= 11 is 6.43. The summed E-state index contributed by atoms with van der Waals surface area (Å²) in [5, 5.41) is 15.6. The van der Waals surface area contributed by atoms with Crippen LogP contribution in [0.5, 0.6) is 0 Å². The van der Waals surface area contributed by atoms with Gasteiger partial charge in [-0.1, -0.05) is 18.0 Å². The van der Waals surface area contributed by atoms with Crippen LogP contribution >= 0.6 is 36.4 Å². The van der Waals surface area contributed by atoms with Crippen LogP contribution in [0.4, 0.5) is 5.69 Å². The minimum atomic E-state index is 0. The van der Waals surface area contributed by atoms with Crippen molar-refractivity contribution in [3.8, 4) is 11.4 Å². The highest BCUT2D eigenvalue weighted by Crippen LogP contribution is 2.31. The molecule has 2 aliphatic rings. The van der Waals surface area contributed by atoms with Gasteiger partial charge in [-0.3, -0.25) is 4.79 Å². The lowest BCUT2D eigenvalue weighted by Crippen LogP contribution is -2.24. The van der Waals surface area contributed by atoms with Crippen molar-refractivity contribution < 1.29 is 4.79 Å². The molecule has 148 valence electrons. The van der Waals surface area contributed by atoms with E-state index in [1.807, 2.05) is 18.2 Å². The molecule has 0 spiro atoms. The summed E-state index contributed by atoms with van der Waals surface area (Å²) in [5.41, 5.74) is 1.58. The van der Waals surface area contributed by atoms with Crippen LogP contribution in [0.1, 0.15) is 31.5 Å². The smallest absolute Gasteiger partial charge is 0.228 e. The lowest BCUT2D eigenvalue weighted by Gasteiger charge is -2.13. The molecule has 6 nitrogen and oxygen atoms in total. The highest BCUT2D eigenvalue weighted by Gasteiger charge is 2.23. The second-order valence-electron chi connectivity index (χ2n) is 6.78. The molecule has 1 amide bonds. The Morgan fingerprint density at radius 2 is 2.07 bits per heavy atom. The van der Waals surface area contributed by atoms with Gasteiger partial charge < -0.3 is 15.2 Å². The zero-order valence-corrected chi connectivity index (χ0v) is 17.3. The van der Waals surface area contributed by atoms with E-state index in [0.717, 1.165) is 68.2 Å². The Bertz CT molecular complexity index is 789. The van der Waals surface area contributed by atoms with Crippen LogP contribution in [0.25, 0.3) is 11.4 Å². The predicted octanol–water partition coefficient (Wildman–Crippen LogP) is 3.72. The summed E-state index contributed by atoms with van der Waals surface area (Å²) in [7, 11) is 0. The number of carbonyl (C=O) groups excluding carboxylic acids is 1. The minimum absolute atomic E-state index is 0. The van der Waals surface area contributed by atoms with Crippen molar-refractivity contribution in [2.24, 2.45) is 5.92 Å². The van der Waals surface area contributed by atoms with Gasteiger partial charge in [0, 0.05) is 30.8 Å². The molecule has 1 atom stereocenters. The second-order valence-corrected chi connectivity index (χ2v) is 7.18. The average Bonchev–Trinajstić information content (AvgIpc) is 3.22. The van der Waals surface area contributed by atoms with Gasteiger partial charge in [0.05, 0.1) is 10.9 Å². The summed E-state index contributed by atoms with van der Waals surface area (Å²) in [6.07, 6.45) is 5.32. The number of benzene rings is 1. The van der Waals surface area contributed by atoms with E-state index >= 15 is 0 Å². The Balaban J connectivity index is 0.00000131. The van der Waals surface area contributed by atoms with Crippen LogP contribution in [0.15, 0.2) is 18.2 Å². The molecular weight excluding hydrogens is 409 g/mol. The molecule has 1 unspecified atom stereocenters. The quantitative estimate of drug-likeness (QED) is 0.775. The highest BCUT2D eigenvalue weighted by molar-refractivity contribution is 6.33. The summed E-state index contributed by atoms with van der Waals surface area (Å²) < 4.78 is 2.17. The zero-order valence-electron chi connectivity index (χ0n) is 14.9. The van der Waals surface area contributed by atoms with E-state index in [4.69, 9.17) is 11.6 Å². The average molecular weight is 433 g/mol. The van der Waals surface area contributed by atoms with E-state index in [1.54, 1.807) is 0 Å². The van der Waals surface area contributed by atoms with E-state index in [9.17, 15) is 4.79 Å². The number of anilines is 1. The van der Waals surface area contributed by atoms with Gasteiger partial charge in [-0.25, -0.2) is 0 Å². The number of rotatable bonds is 3. The van der Waals surface area contributed by atoms with Crippen molar-refractivity contribution >= 4 is 48.0 Å². The van der Waals surface area contributed by atoms with Gasteiger partial charge in [-0.2, -0.15) is 0 Å². The number of aromatic nitrogens is 3. The summed E-state index contributed by atoms with van der Waals surface area (Å²) in [4.78, 5) is 12.4. The molecule has 2 aliphatic heterocycles. The largest absolute Gasteiger partial charge is 0.326 e. The lowest BCUT2D eigenvalue weighted by atomic mass is 10.1. The highest BCUT2D eigenvalue weighted by atomic mass is 35.5. The number of carbonyl (C=O) groups is 1. The first-order valence-electron chi connectivity index (χ1n) is 8.96. The van der Waals surface area contributed by atoms with E-state index < -0.39 is 0 Å². The van der Waals surface area contributed by atoms with Crippen molar-refractivity contribution in [2.45, 2.75) is 38.6 Å². The van der Waals surface area contributed by atoms with Gasteiger partial charge in [-0.15, -0.1) is 35.0 Å². The van der Waals surface area contributed by atoms with Crippen LogP contribution < -0.4 is 10.6 Å². The first-order valence-corrected chi connectivity index (χ1v) is 9.34. The Labute approximate surface area is 176 Å². The maximum absolute atomic E-state index is 12.4. The Morgan fingerprint density at radius 3 is 2.85 bits per heavy atom. The van der Waals surface area contributed by atoms with Crippen LogP contribution in [-0.2, 0) is 17.8 Å². The van der Waals surface area contributed by atoms with Crippen LogP contribution in [0, 0.1) is 5.92 Å². The van der Waals surface area contributed by atoms with Crippen LogP contribution in [-0.4, -0.2) is 33.8 Å². The van der Waals surface area contributed by atoms with Gasteiger partial charge in [0.25, 0.3) is 0 Å². The van der Waals surface area contributed by atoms with Gasteiger partial charge in [-0.05, 0) is 44.0 Å². The first-order chi connectivity index (χ1) is 12.2. The van der Waals surface area contributed by atoms with Crippen molar-refractivity contribution in [3.63, 3.8) is 0 Å². The molecule has 9 heteroatoms. The molecule has 1 saturated heterocycles. The molecule has 27 heavy (non-hydrogen) atoms. The topological polar surface area (TPSA) is 71.8 Å². The van der Waals surface area contributed by atoms with Crippen molar-refractivity contribution in [1.29, 1.82) is 0 Å². The maximum atomic E-state index is 12.4. The number of hydrogen-bond donors (Lipinski definition) is 2. The Morgan fingerprint density at radius 1 is 1.22 bits per heavy atom. The third-order valence-corrected chi connectivity index (χ3v) is 5.34. The number of halogens is 3. The molecule has 3 heterocycles. The van der Waals surface area contributed by atoms with Crippen molar-refractivity contribution in [3.05, 3.63) is 29.0 Å². The van der Waals surface area contributed by atoms with Gasteiger partial charge in [0.2, 0.25) is 5.91 Å². The summed E-state index contributed by atoms with van der Waals surface area (Å²) in [5.74, 6) is 1.90. The fraction of sp³-hybridized carbons (Fsp3) is 0.500. The molecular formula is C18H24Cl3N5O. The van der Waals surface area contributed by atoms with E-state index in [0.29, 0.717) is 5.02 Å². The van der Waals surface area contributed by atoms with E-state index in [2.05, 4.69) is 25.4 Å². The monoisotopic (exact) mass is 431 g/mol. The van der Waals surface area contributed by atoms with Gasteiger partial charge in [0.15, 0.2) is 5.82 Å². The third-order valence-electron chi connectivity index (χ3n) is 5.02.